The molecule has 0 aliphatic carbocycles. The number of rotatable bonds is 5. The topological polar surface area (TPSA) is 92.9 Å². The zero-order valence-corrected chi connectivity index (χ0v) is 20.1. The van der Waals surface area contributed by atoms with Gasteiger partial charge < -0.3 is 14.3 Å². The van der Waals surface area contributed by atoms with Crippen LogP contribution in [-0.2, 0) is 4.79 Å². The number of methoxy groups -OCH3 is 1. The fourth-order valence-corrected chi connectivity index (χ4v) is 4.65. The highest BCUT2D eigenvalue weighted by Crippen LogP contribution is 2.44. The Kier molecular flexibility index (Phi) is 5.75. The third-order valence-electron chi connectivity index (χ3n) is 5.87. The first-order valence-corrected chi connectivity index (χ1v) is 11.3. The maximum Gasteiger partial charge on any atom is 0.294 e. The van der Waals surface area contributed by atoms with Crippen molar-refractivity contribution < 1.29 is 23.8 Å². The molecule has 7 nitrogen and oxygen atoms in total. The van der Waals surface area contributed by atoms with E-state index < -0.39 is 23.5 Å². The molecule has 1 atom stereocenters. The molecule has 2 aromatic carbocycles. The summed E-state index contributed by atoms with van der Waals surface area (Å²) in [6, 6.07) is 12.2. The number of carbonyl (C=O) groups excluding carboxylic acids is 2. The van der Waals surface area contributed by atoms with Crippen molar-refractivity contribution in [3.05, 3.63) is 99.2 Å². The zero-order valence-electron chi connectivity index (χ0n) is 18.6. The smallest absolute Gasteiger partial charge is 0.294 e. The van der Waals surface area contributed by atoms with E-state index in [1.165, 1.54) is 24.3 Å². The van der Waals surface area contributed by atoms with Crippen LogP contribution in [0.15, 0.2) is 76.7 Å². The molecule has 1 aliphatic heterocycles. The van der Waals surface area contributed by atoms with Crippen LogP contribution in [0, 0.1) is 6.92 Å². The lowest BCUT2D eigenvalue weighted by Gasteiger charge is -2.28. The Morgan fingerprint density at radius 2 is 1.94 bits per heavy atom. The minimum absolute atomic E-state index is 0.0755. The molecule has 0 saturated heterocycles. The molecule has 0 saturated carbocycles. The average Bonchev–Trinajstić information content (AvgIpc) is 3.39. The van der Waals surface area contributed by atoms with Gasteiger partial charge in [0, 0.05) is 39.6 Å². The van der Waals surface area contributed by atoms with Crippen LogP contribution in [0.5, 0.6) is 5.75 Å². The monoisotopic (exact) mass is 508 g/mol. The van der Waals surface area contributed by atoms with Crippen LogP contribution in [0.2, 0.25) is 10.0 Å². The van der Waals surface area contributed by atoms with E-state index in [-0.39, 0.29) is 11.3 Å². The Balaban J connectivity index is 1.68. The largest absolute Gasteiger partial charge is 0.503 e. The van der Waals surface area contributed by atoms with E-state index in [9.17, 15) is 14.7 Å². The number of aryl methyl sites for hydroxylation is 1. The molecule has 0 bridgehead atoms. The van der Waals surface area contributed by atoms with Gasteiger partial charge in [-0.2, -0.15) is 0 Å². The molecule has 176 valence electrons. The van der Waals surface area contributed by atoms with Gasteiger partial charge in [-0.05, 0) is 48.4 Å². The molecule has 1 aliphatic rings. The van der Waals surface area contributed by atoms with Gasteiger partial charge in [-0.3, -0.25) is 19.5 Å². The Hall–Kier alpha value is -3.81. The van der Waals surface area contributed by atoms with E-state index in [0.29, 0.717) is 38.0 Å². The fraction of sp³-hybridized carbons (Fsp3) is 0.115. The highest BCUT2D eigenvalue weighted by molar-refractivity contribution is 6.32. The van der Waals surface area contributed by atoms with Crippen molar-refractivity contribution in [3.63, 3.8) is 0 Å². The Morgan fingerprint density at radius 1 is 1.14 bits per heavy atom. The summed E-state index contributed by atoms with van der Waals surface area (Å²) >= 11 is 12.4. The number of ketones is 1. The lowest BCUT2D eigenvalue weighted by molar-refractivity contribution is -0.117. The molecule has 0 fully saturated rings. The Labute approximate surface area is 210 Å². The molecule has 1 N–H and O–H groups in total. The number of pyridine rings is 1. The molecule has 0 spiro atoms. The predicted octanol–water partition coefficient (Wildman–Crippen LogP) is 6.23. The third kappa shape index (κ3) is 3.83. The lowest BCUT2D eigenvalue weighted by Crippen LogP contribution is -2.31. The lowest BCUT2D eigenvalue weighted by atomic mass is 9.95. The summed E-state index contributed by atoms with van der Waals surface area (Å²) in [6.45, 7) is 1.81. The normalized spacial score (nSPS) is 15.8. The molecule has 35 heavy (non-hydrogen) atoms. The second-order valence-electron chi connectivity index (χ2n) is 8.02. The zero-order chi connectivity index (χ0) is 24.9. The molecular formula is C26H18Cl2N2O5. The number of nitrogens with zero attached hydrogens (tertiary/aromatic N) is 2. The molecule has 1 amide bonds. The van der Waals surface area contributed by atoms with Gasteiger partial charge in [-0.1, -0.05) is 35.3 Å². The molecular weight excluding hydrogens is 491 g/mol. The van der Waals surface area contributed by atoms with E-state index >= 15 is 0 Å². The molecule has 9 heteroatoms. The number of amides is 1. The average molecular weight is 509 g/mol. The van der Waals surface area contributed by atoms with E-state index in [1.54, 1.807) is 48.7 Å². The summed E-state index contributed by atoms with van der Waals surface area (Å²) in [5, 5.41) is 12.3. The number of anilines is 1. The Bertz CT molecular complexity index is 1530. The number of halogens is 2. The summed E-state index contributed by atoms with van der Waals surface area (Å²) in [6.07, 6.45) is 3.12. The Morgan fingerprint density at radius 3 is 2.66 bits per heavy atom. The number of hydrogen-bond acceptors (Lipinski definition) is 6. The number of aromatic nitrogens is 1. The number of Topliss-reactive ketones (excluding diaryl/α,β-unsaturated/α-hetero) is 1. The van der Waals surface area contributed by atoms with Gasteiger partial charge in [0.15, 0.2) is 22.9 Å². The fourth-order valence-electron chi connectivity index (χ4n) is 4.26. The number of benzene rings is 2. The van der Waals surface area contributed by atoms with Gasteiger partial charge in [0.05, 0.1) is 18.7 Å². The standard InChI is InChI=1S/C26H18Cl2N2O5/c1-13-5-6-16(27)10-18(13)30-22(14-4-3-7-29-12-14)21(24(32)26(30)33)23(31)19-9-15-8-17(28)11-20(34-2)25(15)35-19/h3-12,22,32H,1-2H3. The highest BCUT2D eigenvalue weighted by atomic mass is 35.5. The maximum atomic E-state index is 13.8. The van der Waals surface area contributed by atoms with Gasteiger partial charge in [-0.15, -0.1) is 0 Å². The van der Waals surface area contributed by atoms with Crippen LogP contribution >= 0.6 is 23.2 Å². The number of hydrogen-bond donors (Lipinski definition) is 1. The van der Waals surface area contributed by atoms with Crippen LogP contribution in [0.1, 0.15) is 27.7 Å². The number of furan rings is 1. The van der Waals surface area contributed by atoms with Crippen LogP contribution in [0.25, 0.3) is 11.0 Å². The van der Waals surface area contributed by atoms with Crippen molar-refractivity contribution in [2.24, 2.45) is 0 Å². The van der Waals surface area contributed by atoms with Crippen molar-refractivity contribution in [3.8, 4) is 5.75 Å². The second-order valence-corrected chi connectivity index (χ2v) is 8.90. The predicted molar refractivity (Wildman–Crippen MR) is 132 cm³/mol. The highest BCUT2D eigenvalue weighted by Gasteiger charge is 2.46. The molecule has 1 unspecified atom stereocenters. The molecule has 4 aromatic rings. The van der Waals surface area contributed by atoms with Gasteiger partial charge in [0.1, 0.15) is 0 Å². The van der Waals surface area contributed by atoms with Gasteiger partial charge in [-0.25, -0.2) is 0 Å². The third-order valence-corrected chi connectivity index (χ3v) is 6.33. The summed E-state index contributed by atoms with van der Waals surface area (Å²) in [5.41, 5.74) is 1.92. The minimum Gasteiger partial charge on any atom is -0.503 e. The number of fused-ring (bicyclic) bond motifs is 1. The number of ether oxygens (including phenoxy) is 1. The molecule has 0 radical (unpaired) electrons. The number of carbonyl (C=O) groups is 2. The molecule has 5 rings (SSSR count). The minimum atomic E-state index is -0.959. The van der Waals surface area contributed by atoms with Gasteiger partial charge in [0.2, 0.25) is 5.78 Å². The van der Waals surface area contributed by atoms with Crippen molar-refractivity contribution in [1.82, 2.24) is 4.98 Å². The first-order valence-electron chi connectivity index (χ1n) is 10.5. The van der Waals surface area contributed by atoms with Gasteiger partial charge in [0.25, 0.3) is 5.91 Å². The second kappa shape index (κ2) is 8.76. The number of aliphatic hydroxyl groups excluding tert-OH is 1. The number of aliphatic hydroxyl groups is 1. The summed E-state index contributed by atoms with van der Waals surface area (Å²) in [4.78, 5) is 32.6. The summed E-state index contributed by atoms with van der Waals surface area (Å²) < 4.78 is 11.1. The first kappa shape index (κ1) is 23.0. The quantitative estimate of drug-likeness (QED) is 0.321. The van der Waals surface area contributed by atoms with E-state index in [2.05, 4.69) is 4.98 Å². The van der Waals surface area contributed by atoms with Crippen LogP contribution in [0.4, 0.5) is 5.69 Å². The summed E-state index contributed by atoms with van der Waals surface area (Å²) in [7, 11) is 1.46. The van der Waals surface area contributed by atoms with Crippen LogP contribution < -0.4 is 9.64 Å². The van der Waals surface area contributed by atoms with Crippen molar-refractivity contribution in [2.75, 3.05) is 12.0 Å². The van der Waals surface area contributed by atoms with E-state index in [4.69, 9.17) is 32.4 Å². The SMILES string of the molecule is COc1cc(Cl)cc2cc(C(=O)C3=C(O)C(=O)N(c4cc(Cl)ccc4C)C3c3cccnc3)oc12. The summed E-state index contributed by atoms with van der Waals surface area (Å²) in [5.74, 6) is -1.78. The van der Waals surface area contributed by atoms with E-state index in [1.807, 2.05) is 6.92 Å². The molecule has 2 aromatic heterocycles. The van der Waals surface area contributed by atoms with Crippen molar-refractivity contribution >= 4 is 51.5 Å². The van der Waals surface area contributed by atoms with Crippen molar-refractivity contribution in [1.29, 1.82) is 0 Å². The van der Waals surface area contributed by atoms with Gasteiger partial charge >= 0.3 is 0 Å². The van der Waals surface area contributed by atoms with E-state index in [0.717, 1.165) is 5.56 Å². The maximum absolute atomic E-state index is 13.8. The first-order chi connectivity index (χ1) is 16.8. The van der Waals surface area contributed by atoms with Crippen LogP contribution in [0.3, 0.4) is 0 Å². The van der Waals surface area contributed by atoms with Crippen LogP contribution in [-0.4, -0.2) is 28.9 Å². The molecule has 3 heterocycles. The van der Waals surface area contributed by atoms with Crippen molar-refractivity contribution in [2.45, 2.75) is 13.0 Å².